The molecule has 0 spiro atoms. The van der Waals surface area contributed by atoms with Crippen LogP contribution in [0.4, 0.5) is 0 Å². The first kappa shape index (κ1) is 23.7. The fraction of sp³-hybridized carbons (Fsp3) is 0.222. The summed E-state index contributed by atoms with van der Waals surface area (Å²) in [6, 6.07) is 28.5. The maximum atomic E-state index is 11.3. The molecule has 0 saturated carbocycles. The smallest absolute Gasteiger partial charge is 0.117 e. The number of benzene rings is 3. The van der Waals surface area contributed by atoms with Gasteiger partial charge in [0.15, 0.2) is 0 Å². The summed E-state index contributed by atoms with van der Waals surface area (Å²) in [7, 11) is 1.79. The first-order valence-corrected chi connectivity index (χ1v) is 11.3. The molecule has 164 valence electrons. The molecule has 5 heteroatoms. The van der Waals surface area contributed by atoms with Crippen molar-refractivity contribution in [2.45, 2.75) is 31.1 Å². The number of nitriles is 1. The molecule has 0 aromatic heterocycles. The number of halogens is 1. The second-order valence-corrected chi connectivity index (χ2v) is 8.63. The third-order valence-electron chi connectivity index (χ3n) is 5.79. The van der Waals surface area contributed by atoms with Gasteiger partial charge in [-0.15, -0.1) is 0 Å². The van der Waals surface area contributed by atoms with Crippen LogP contribution in [0, 0.1) is 11.3 Å². The number of likely N-dealkylation sites (N-methyl/N-ethyl adjacent to an activating group) is 1. The SMILES string of the molecule is C[C@@H]([C@H](O)c1ccccc1)N(C)/C(C#N)=C\[C@@H](c1ccccc1)[C@@H](O)c1ccccc1Br. The fourth-order valence-corrected chi connectivity index (χ4v) is 4.24. The molecule has 0 aliphatic rings. The zero-order valence-electron chi connectivity index (χ0n) is 18.1. The Labute approximate surface area is 198 Å². The van der Waals surface area contributed by atoms with E-state index in [1.54, 1.807) is 18.0 Å². The topological polar surface area (TPSA) is 67.5 Å². The Morgan fingerprint density at radius 2 is 1.41 bits per heavy atom. The second kappa shape index (κ2) is 11.1. The summed E-state index contributed by atoms with van der Waals surface area (Å²) in [5.41, 5.74) is 2.81. The van der Waals surface area contributed by atoms with Gasteiger partial charge in [0.05, 0.1) is 18.2 Å². The maximum absolute atomic E-state index is 11.3. The van der Waals surface area contributed by atoms with Gasteiger partial charge in [-0.1, -0.05) is 94.8 Å². The minimum atomic E-state index is -0.862. The molecule has 0 amide bonds. The molecular formula is C27H27BrN2O2. The first-order chi connectivity index (χ1) is 15.4. The van der Waals surface area contributed by atoms with E-state index in [1.807, 2.05) is 91.9 Å². The van der Waals surface area contributed by atoms with E-state index < -0.39 is 18.1 Å². The third-order valence-corrected chi connectivity index (χ3v) is 6.51. The Morgan fingerprint density at radius 3 is 1.97 bits per heavy atom. The second-order valence-electron chi connectivity index (χ2n) is 7.77. The highest BCUT2D eigenvalue weighted by Gasteiger charge is 2.27. The van der Waals surface area contributed by atoms with Crippen LogP contribution in [0.2, 0.25) is 0 Å². The summed E-state index contributed by atoms with van der Waals surface area (Å²) in [4.78, 5) is 1.76. The van der Waals surface area contributed by atoms with Crippen molar-refractivity contribution in [3.63, 3.8) is 0 Å². The molecule has 0 unspecified atom stereocenters. The maximum Gasteiger partial charge on any atom is 0.117 e. The summed E-state index contributed by atoms with van der Waals surface area (Å²) in [5, 5.41) is 32.1. The molecule has 3 rings (SSSR count). The number of hydrogen-bond donors (Lipinski definition) is 2. The molecular weight excluding hydrogens is 464 g/mol. The third kappa shape index (κ3) is 5.46. The molecule has 3 aromatic carbocycles. The Balaban J connectivity index is 1.97. The van der Waals surface area contributed by atoms with E-state index in [9.17, 15) is 15.5 Å². The van der Waals surface area contributed by atoms with Gasteiger partial charge in [0, 0.05) is 17.4 Å². The first-order valence-electron chi connectivity index (χ1n) is 10.5. The van der Waals surface area contributed by atoms with Gasteiger partial charge in [-0.05, 0) is 35.8 Å². The molecule has 0 aliphatic carbocycles. The molecule has 4 atom stereocenters. The fourth-order valence-electron chi connectivity index (χ4n) is 3.72. The van der Waals surface area contributed by atoms with Gasteiger partial charge >= 0.3 is 0 Å². The van der Waals surface area contributed by atoms with Crippen LogP contribution < -0.4 is 0 Å². The lowest BCUT2D eigenvalue weighted by molar-refractivity contribution is 0.0905. The van der Waals surface area contributed by atoms with Crippen molar-refractivity contribution in [1.29, 1.82) is 5.26 Å². The van der Waals surface area contributed by atoms with E-state index in [4.69, 9.17) is 0 Å². The highest BCUT2D eigenvalue weighted by molar-refractivity contribution is 9.10. The Kier molecular flexibility index (Phi) is 8.24. The predicted octanol–water partition coefficient (Wildman–Crippen LogP) is 5.73. The molecule has 0 bridgehead atoms. The Hall–Kier alpha value is -2.91. The van der Waals surface area contributed by atoms with E-state index in [0.717, 1.165) is 21.2 Å². The number of aliphatic hydroxyl groups is 2. The Morgan fingerprint density at radius 1 is 0.875 bits per heavy atom. The van der Waals surface area contributed by atoms with Gasteiger partial charge in [-0.25, -0.2) is 0 Å². The molecule has 32 heavy (non-hydrogen) atoms. The summed E-state index contributed by atoms with van der Waals surface area (Å²) in [5.74, 6) is -0.451. The average Bonchev–Trinajstić information content (AvgIpc) is 2.84. The molecule has 0 radical (unpaired) electrons. The van der Waals surface area contributed by atoms with Crippen molar-refractivity contribution in [2.75, 3.05) is 7.05 Å². The highest BCUT2D eigenvalue weighted by Crippen LogP contribution is 2.37. The minimum absolute atomic E-state index is 0.347. The van der Waals surface area contributed by atoms with Crippen LogP contribution in [0.1, 0.15) is 41.7 Å². The van der Waals surface area contributed by atoms with Gasteiger partial charge in [-0.2, -0.15) is 5.26 Å². The average molecular weight is 491 g/mol. The molecule has 0 fully saturated rings. The lowest BCUT2D eigenvalue weighted by atomic mass is 9.88. The summed E-state index contributed by atoms with van der Waals surface area (Å²) >= 11 is 3.53. The van der Waals surface area contributed by atoms with Crippen LogP contribution in [0.5, 0.6) is 0 Å². The van der Waals surface area contributed by atoms with E-state index >= 15 is 0 Å². The number of hydrogen-bond acceptors (Lipinski definition) is 4. The van der Waals surface area contributed by atoms with E-state index in [2.05, 4.69) is 22.0 Å². The quantitative estimate of drug-likeness (QED) is 0.395. The highest BCUT2D eigenvalue weighted by atomic mass is 79.9. The van der Waals surface area contributed by atoms with Crippen molar-refractivity contribution in [1.82, 2.24) is 4.90 Å². The zero-order chi connectivity index (χ0) is 23.1. The van der Waals surface area contributed by atoms with E-state index in [-0.39, 0.29) is 6.04 Å². The molecule has 3 aromatic rings. The van der Waals surface area contributed by atoms with Crippen molar-refractivity contribution in [3.05, 3.63) is 118 Å². The van der Waals surface area contributed by atoms with E-state index in [0.29, 0.717) is 5.70 Å². The number of aliphatic hydroxyl groups excluding tert-OH is 2. The van der Waals surface area contributed by atoms with Crippen LogP contribution in [-0.2, 0) is 0 Å². The molecule has 0 saturated heterocycles. The van der Waals surface area contributed by atoms with Crippen molar-refractivity contribution < 1.29 is 10.2 Å². The normalized spacial score (nSPS) is 15.3. The van der Waals surface area contributed by atoms with E-state index in [1.165, 1.54) is 0 Å². The summed E-state index contributed by atoms with van der Waals surface area (Å²) < 4.78 is 0.807. The largest absolute Gasteiger partial charge is 0.387 e. The predicted molar refractivity (Wildman–Crippen MR) is 131 cm³/mol. The van der Waals surface area contributed by atoms with Crippen LogP contribution in [0.25, 0.3) is 0 Å². The van der Waals surface area contributed by atoms with Crippen LogP contribution in [0.3, 0.4) is 0 Å². The van der Waals surface area contributed by atoms with Gasteiger partial charge < -0.3 is 15.1 Å². The molecule has 2 N–H and O–H groups in total. The summed E-state index contributed by atoms with van der Waals surface area (Å²) in [6.45, 7) is 1.88. The molecule has 4 nitrogen and oxygen atoms in total. The van der Waals surface area contributed by atoms with Crippen molar-refractivity contribution >= 4 is 15.9 Å². The van der Waals surface area contributed by atoms with Crippen LogP contribution >= 0.6 is 15.9 Å². The summed E-state index contributed by atoms with van der Waals surface area (Å²) in [6.07, 6.45) is 0.161. The number of nitrogens with zero attached hydrogens (tertiary/aromatic N) is 2. The van der Waals surface area contributed by atoms with Crippen molar-refractivity contribution in [3.8, 4) is 6.07 Å². The van der Waals surface area contributed by atoms with Crippen LogP contribution in [-0.4, -0.2) is 28.2 Å². The Bertz CT molecular complexity index is 1080. The standard InChI is InChI=1S/C27H27BrN2O2/c1-19(26(31)21-13-7-4-8-14-21)30(2)22(18-29)17-24(20-11-5-3-6-12-20)27(32)23-15-9-10-16-25(23)28/h3-17,19,24,26-27,31-32H,1-2H3/b22-17-/t19-,24-,26-,27-/m0/s1. The van der Waals surface area contributed by atoms with Gasteiger partial charge in [-0.3, -0.25) is 0 Å². The van der Waals surface area contributed by atoms with Crippen molar-refractivity contribution in [2.24, 2.45) is 0 Å². The van der Waals surface area contributed by atoms with Gasteiger partial charge in [0.1, 0.15) is 11.8 Å². The molecule has 0 aliphatic heterocycles. The lowest BCUT2D eigenvalue weighted by Gasteiger charge is -2.31. The lowest BCUT2D eigenvalue weighted by Crippen LogP contribution is -2.34. The zero-order valence-corrected chi connectivity index (χ0v) is 19.7. The minimum Gasteiger partial charge on any atom is -0.387 e. The number of rotatable bonds is 8. The monoisotopic (exact) mass is 490 g/mol. The van der Waals surface area contributed by atoms with Gasteiger partial charge in [0.2, 0.25) is 0 Å². The number of allylic oxidation sites excluding steroid dienone is 1. The molecule has 0 heterocycles. The van der Waals surface area contributed by atoms with Crippen LogP contribution in [0.15, 0.2) is 101 Å². The van der Waals surface area contributed by atoms with Gasteiger partial charge in [0.25, 0.3) is 0 Å².